The third kappa shape index (κ3) is 3.44. The summed E-state index contributed by atoms with van der Waals surface area (Å²) in [4.78, 5) is 19.7. The van der Waals surface area contributed by atoms with Crippen molar-refractivity contribution in [3.63, 3.8) is 0 Å². The van der Waals surface area contributed by atoms with Crippen molar-refractivity contribution in [2.45, 2.75) is 63.8 Å². The number of aromatic nitrogens is 2. The lowest BCUT2D eigenvalue weighted by Crippen LogP contribution is -2.48. The van der Waals surface area contributed by atoms with Crippen molar-refractivity contribution >= 4 is 16.9 Å². The summed E-state index contributed by atoms with van der Waals surface area (Å²) in [6.07, 6.45) is 1.72. The number of nitrogens with zero attached hydrogens (tertiary/aromatic N) is 2. The molecule has 1 aromatic carbocycles. The van der Waals surface area contributed by atoms with Crippen molar-refractivity contribution < 1.29 is 14.7 Å². The zero-order chi connectivity index (χ0) is 21.0. The van der Waals surface area contributed by atoms with E-state index in [-0.39, 0.29) is 29.1 Å². The van der Waals surface area contributed by atoms with Crippen LogP contribution in [-0.2, 0) is 4.74 Å². The van der Waals surface area contributed by atoms with Gasteiger partial charge in [-0.1, -0.05) is 6.07 Å². The highest BCUT2D eigenvalue weighted by Gasteiger charge is 2.51. The summed E-state index contributed by atoms with van der Waals surface area (Å²) in [6.45, 7) is 9.64. The highest BCUT2D eigenvalue weighted by molar-refractivity contribution is 6.04. The Labute approximate surface area is 170 Å². The number of nitrogens with two attached hydrogens (primary N) is 1. The normalized spacial score (nSPS) is 28.9. The number of imidazole rings is 1. The molecule has 2 saturated heterocycles. The molecule has 8 nitrogen and oxygen atoms in total. The topological polar surface area (TPSA) is 116 Å². The van der Waals surface area contributed by atoms with Gasteiger partial charge in [0.25, 0.3) is 5.91 Å². The predicted molar refractivity (Wildman–Crippen MR) is 110 cm³/mol. The van der Waals surface area contributed by atoms with E-state index < -0.39 is 5.91 Å². The predicted octanol–water partition coefficient (Wildman–Crippen LogP) is 2.35. The summed E-state index contributed by atoms with van der Waals surface area (Å²) in [5.74, 6) is 0.493. The van der Waals surface area contributed by atoms with E-state index in [1.165, 1.54) is 5.06 Å². The van der Waals surface area contributed by atoms with Gasteiger partial charge in [-0.3, -0.25) is 4.79 Å². The van der Waals surface area contributed by atoms with E-state index in [1.54, 1.807) is 12.1 Å². The first-order chi connectivity index (χ1) is 13.6. The Morgan fingerprint density at radius 3 is 2.79 bits per heavy atom. The molecule has 2 aliphatic rings. The molecule has 0 radical (unpaired) electrons. The fourth-order valence-corrected chi connectivity index (χ4v) is 4.92. The van der Waals surface area contributed by atoms with Crippen LogP contribution in [0.5, 0.6) is 0 Å². The van der Waals surface area contributed by atoms with Gasteiger partial charge in [-0.05, 0) is 59.2 Å². The van der Waals surface area contributed by atoms with Crippen LogP contribution >= 0.6 is 0 Å². The van der Waals surface area contributed by atoms with Gasteiger partial charge in [-0.2, -0.15) is 5.06 Å². The number of rotatable bonds is 5. The molecular formula is C21H31N5O3. The monoisotopic (exact) mass is 401 g/mol. The summed E-state index contributed by atoms with van der Waals surface area (Å²) in [5.41, 5.74) is 6.67. The van der Waals surface area contributed by atoms with Gasteiger partial charge < -0.3 is 26.0 Å². The first-order valence-electron chi connectivity index (χ1n) is 10.2. The quantitative estimate of drug-likeness (QED) is 0.611. The number of hydrogen-bond acceptors (Lipinski definition) is 6. The molecule has 3 unspecified atom stereocenters. The van der Waals surface area contributed by atoms with Crippen LogP contribution in [0, 0.1) is 5.92 Å². The lowest BCUT2D eigenvalue weighted by Gasteiger charge is -2.36. The molecule has 1 amide bonds. The van der Waals surface area contributed by atoms with E-state index in [1.807, 2.05) is 6.07 Å². The van der Waals surface area contributed by atoms with Crippen molar-refractivity contribution in [1.82, 2.24) is 20.3 Å². The molecule has 8 heteroatoms. The maximum absolute atomic E-state index is 11.7. The smallest absolute Gasteiger partial charge is 0.250 e. The van der Waals surface area contributed by atoms with E-state index >= 15 is 0 Å². The molecule has 29 heavy (non-hydrogen) atoms. The number of nitrogens with one attached hydrogen (secondary N) is 2. The molecular weight excluding hydrogens is 370 g/mol. The zero-order valence-corrected chi connectivity index (χ0v) is 17.5. The van der Waals surface area contributed by atoms with Crippen LogP contribution in [0.2, 0.25) is 0 Å². The average Bonchev–Trinajstić information content (AvgIpc) is 3.32. The second kappa shape index (κ2) is 7.05. The molecule has 0 spiro atoms. The maximum atomic E-state index is 11.7. The number of hydroxylamine groups is 2. The molecule has 2 aliphatic heterocycles. The van der Waals surface area contributed by atoms with E-state index in [9.17, 15) is 10.0 Å². The molecule has 5 N–H and O–H groups in total. The van der Waals surface area contributed by atoms with Crippen molar-refractivity contribution in [2.75, 3.05) is 13.2 Å². The summed E-state index contributed by atoms with van der Waals surface area (Å²) in [7, 11) is 0. The minimum Gasteiger partial charge on any atom is -0.376 e. The zero-order valence-electron chi connectivity index (χ0n) is 17.5. The van der Waals surface area contributed by atoms with Crippen molar-refractivity contribution in [3.8, 4) is 0 Å². The molecule has 0 saturated carbocycles. The summed E-state index contributed by atoms with van der Waals surface area (Å²) in [5, 5.41) is 15.5. The van der Waals surface area contributed by atoms with Crippen LogP contribution in [-0.4, -0.2) is 56.5 Å². The second-order valence-corrected chi connectivity index (χ2v) is 9.46. The van der Waals surface area contributed by atoms with Crippen LogP contribution in [0.3, 0.4) is 0 Å². The minimum atomic E-state index is -0.486. The first-order valence-corrected chi connectivity index (χ1v) is 10.2. The molecule has 3 atom stereocenters. The fraction of sp³-hybridized carbons (Fsp3) is 0.619. The Morgan fingerprint density at radius 1 is 1.38 bits per heavy atom. The molecule has 0 bridgehead atoms. The Bertz CT molecular complexity index is 922. The molecule has 3 heterocycles. The number of para-hydroxylation sites is 1. The number of carbonyl (C=O) groups excluding carboxylic acids is 1. The van der Waals surface area contributed by atoms with E-state index in [0.29, 0.717) is 17.7 Å². The average molecular weight is 402 g/mol. The number of primary amides is 1. The summed E-state index contributed by atoms with van der Waals surface area (Å²) in [6, 6.07) is 5.30. The number of carbonyl (C=O) groups is 1. The van der Waals surface area contributed by atoms with Crippen molar-refractivity contribution in [3.05, 3.63) is 29.6 Å². The number of benzene rings is 1. The van der Waals surface area contributed by atoms with Gasteiger partial charge in [0.2, 0.25) is 0 Å². The Morgan fingerprint density at radius 2 is 2.14 bits per heavy atom. The highest BCUT2D eigenvalue weighted by Crippen LogP contribution is 2.44. The van der Waals surface area contributed by atoms with Gasteiger partial charge in [-0.15, -0.1) is 0 Å². The third-order valence-corrected chi connectivity index (χ3v) is 6.63. The van der Waals surface area contributed by atoms with E-state index in [0.717, 1.165) is 30.7 Å². The summed E-state index contributed by atoms with van der Waals surface area (Å²) < 4.78 is 6.35. The van der Waals surface area contributed by atoms with Crippen LogP contribution in [0.15, 0.2) is 18.2 Å². The molecule has 2 fully saturated rings. The number of ether oxygens (including phenoxy) is 1. The van der Waals surface area contributed by atoms with Gasteiger partial charge in [0.05, 0.1) is 29.8 Å². The summed E-state index contributed by atoms with van der Waals surface area (Å²) >= 11 is 0. The number of hydrogen-bond donors (Lipinski definition) is 4. The van der Waals surface area contributed by atoms with E-state index in [4.69, 9.17) is 10.5 Å². The van der Waals surface area contributed by atoms with Crippen LogP contribution in [0.25, 0.3) is 11.0 Å². The van der Waals surface area contributed by atoms with Crippen LogP contribution < -0.4 is 11.1 Å². The van der Waals surface area contributed by atoms with Crippen molar-refractivity contribution in [2.24, 2.45) is 11.7 Å². The largest absolute Gasteiger partial charge is 0.376 e. The Kier molecular flexibility index (Phi) is 4.93. The lowest BCUT2D eigenvalue weighted by atomic mass is 9.88. The maximum Gasteiger partial charge on any atom is 0.250 e. The number of fused-ring (bicyclic) bond motifs is 1. The van der Waals surface area contributed by atoms with Gasteiger partial charge in [-0.25, -0.2) is 4.98 Å². The van der Waals surface area contributed by atoms with Crippen LogP contribution in [0.4, 0.5) is 0 Å². The second-order valence-electron chi connectivity index (χ2n) is 9.46. The molecule has 0 aliphatic carbocycles. The molecule has 2 aromatic rings. The third-order valence-electron chi connectivity index (χ3n) is 6.63. The lowest BCUT2D eigenvalue weighted by molar-refractivity contribution is -0.199. The standard InChI is InChI=1S/C21H31N5O3/c1-20(2)10-12(21(3,4)26(20)28)11-29-15-8-9-23-17(15)19-24-14-7-5-6-13(18(22)27)16(14)25-19/h5-7,12,15,17,23,28H,8-11H2,1-4H3,(H2,22,27)(H,24,25). The molecule has 4 rings (SSSR count). The number of H-pyrrole nitrogens is 1. The van der Waals surface area contributed by atoms with Gasteiger partial charge in [0.15, 0.2) is 0 Å². The molecule has 1 aromatic heterocycles. The fourth-order valence-electron chi connectivity index (χ4n) is 4.92. The number of amides is 1. The Hall–Kier alpha value is -2.00. The minimum absolute atomic E-state index is 0.0285. The molecule has 158 valence electrons. The SMILES string of the molecule is CC1(C)CC(COC2CCNC2c2nc3c(C(N)=O)cccc3[nH]2)C(C)(C)N1O. The number of aromatic amines is 1. The van der Waals surface area contributed by atoms with Gasteiger partial charge >= 0.3 is 0 Å². The highest BCUT2D eigenvalue weighted by atomic mass is 16.5. The van der Waals surface area contributed by atoms with Gasteiger partial charge in [0, 0.05) is 17.0 Å². The first kappa shape index (κ1) is 20.3. The van der Waals surface area contributed by atoms with E-state index in [2.05, 4.69) is 43.0 Å². The Balaban J connectivity index is 1.51. The van der Waals surface area contributed by atoms with Crippen molar-refractivity contribution in [1.29, 1.82) is 0 Å². The van der Waals surface area contributed by atoms with Gasteiger partial charge in [0.1, 0.15) is 11.3 Å². The van der Waals surface area contributed by atoms with Crippen LogP contribution in [0.1, 0.15) is 62.8 Å².